The second kappa shape index (κ2) is 6.11. The number of aliphatic hydroxyl groups is 1. The number of aliphatic hydroxyl groups excluding tert-OH is 1. The first-order valence-electron chi connectivity index (χ1n) is 5.31. The zero-order chi connectivity index (χ0) is 12.9. The average molecular weight is 258 g/mol. The average Bonchev–Trinajstić information content (AvgIpc) is 2.29. The molecule has 1 N–H and O–H groups in total. The van der Waals surface area contributed by atoms with E-state index in [9.17, 15) is 8.42 Å². The quantitative estimate of drug-likeness (QED) is 0.797. The Morgan fingerprint density at radius 3 is 2.24 bits per heavy atom. The van der Waals surface area contributed by atoms with Crippen LogP contribution in [0.3, 0.4) is 0 Å². The smallest absolute Gasteiger partial charge is 0.281 e. The van der Waals surface area contributed by atoms with E-state index in [4.69, 9.17) is 5.11 Å². The van der Waals surface area contributed by atoms with Crippen molar-refractivity contribution in [2.45, 2.75) is 6.54 Å². The van der Waals surface area contributed by atoms with Gasteiger partial charge in [0.1, 0.15) is 0 Å². The van der Waals surface area contributed by atoms with Crippen LogP contribution < -0.4 is 0 Å². The predicted octanol–water partition coefficient (Wildman–Crippen LogP) is 0.287. The molecule has 1 rings (SSSR count). The molecule has 0 spiro atoms. The van der Waals surface area contributed by atoms with Crippen molar-refractivity contribution in [3.63, 3.8) is 0 Å². The maximum Gasteiger partial charge on any atom is 0.281 e. The second-order valence-corrected chi connectivity index (χ2v) is 5.98. The van der Waals surface area contributed by atoms with Crippen LogP contribution in [0.4, 0.5) is 0 Å². The Balaban J connectivity index is 2.88. The summed E-state index contributed by atoms with van der Waals surface area (Å²) in [6, 6.07) is 9.30. The first kappa shape index (κ1) is 14.1. The lowest BCUT2D eigenvalue weighted by Gasteiger charge is -2.24. The molecule has 0 radical (unpaired) electrons. The fourth-order valence-corrected chi connectivity index (χ4v) is 2.49. The summed E-state index contributed by atoms with van der Waals surface area (Å²) in [6.45, 7) is 0.164. The van der Waals surface area contributed by atoms with Crippen LogP contribution in [0.25, 0.3) is 0 Å². The van der Waals surface area contributed by atoms with Crippen molar-refractivity contribution in [2.24, 2.45) is 0 Å². The Morgan fingerprint density at radius 2 is 1.76 bits per heavy atom. The van der Waals surface area contributed by atoms with E-state index in [-0.39, 0.29) is 19.7 Å². The van der Waals surface area contributed by atoms with Gasteiger partial charge >= 0.3 is 0 Å². The number of benzene rings is 1. The molecule has 0 aliphatic carbocycles. The summed E-state index contributed by atoms with van der Waals surface area (Å²) in [7, 11) is -0.539. The fourth-order valence-electron chi connectivity index (χ4n) is 1.41. The van der Waals surface area contributed by atoms with Gasteiger partial charge in [0.15, 0.2) is 0 Å². The van der Waals surface area contributed by atoms with Crippen LogP contribution in [0.1, 0.15) is 5.56 Å². The van der Waals surface area contributed by atoms with Gasteiger partial charge in [-0.25, -0.2) is 0 Å². The Labute approximate surface area is 102 Å². The highest BCUT2D eigenvalue weighted by Gasteiger charge is 2.23. The SMILES string of the molecule is CN(C)S(=O)(=O)N(CCO)Cc1ccccc1. The molecule has 1 aromatic carbocycles. The maximum absolute atomic E-state index is 12.0. The number of nitrogens with zero attached hydrogens (tertiary/aromatic N) is 2. The topological polar surface area (TPSA) is 60.9 Å². The van der Waals surface area contributed by atoms with Crippen LogP contribution in [0.15, 0.2) is 30.3 Å². The molecule has 5 nitrogen and oxygen atoms in total. The molecule has 0 bridgehead atoms. The minimum Gasteiger partial charge on any atom is -0.395 e. The number of rotatable bonds is 6. The van der Waals surface area contributed by atoms with Crippen LogP contribution in [0.2, 0.25) is 0 Å². The Bertz CT molecular complexity index is 431. The largest absolute Gasteiger partial charge is 0.395 e. The normalized spacial score (nSPS) is 12.3. The highest BCUT2D eigenvalue weighted by molar-refractivity contribution is 7.86. The van der Waals surface area contributed by atoms with Crippen molar-refractivity contribution in [2.75, 3.05) is 27.2 Å². The van der Waals surface area contributed by atoms with Crippen molar-refractivity contribution < 1.29 is 13.5 Å². The van der Waals surface area contributed by atoms with Gasteiger partial charge in [0.25, 0.3) is 10.2 Å². The minimum absolute atomic E-state index is 0.0927. The van der Waals surface area contributed by atoms with E-state index in [1.807, 2.05) is 30.3 Å². The van der Waals surface area contributed by atoms with E-state index in [1.54, 1.807) is 0 Å². The molecular weight excluding hydrogens is 240 g/mol. The van der Waals surface area contributed by atoms with Crippen LogP contribution in [-0.4, -0.2) is 49.4 Å². The van der Waals surface area contributed by atoms with Crippen LogP contribution >= 0.6 is 0 Å². The lowest BCUT2D eigenvalue weighted by molar-refractivity contribution is 0.245. The van der Waals surface area contributed by atoms with Gasteiger partial charge in [-0.15, -0.1) is 0 Å². The zero-order valence-corrected chi connectivity index (χ0v) is 10.9. The van der Waals surface area contributed by atoms with E-state index in [0.29, 0.717) is 0 Å². The van der Waals surface area contributed by atoms with E-state index in [2.05, 4.69) is 0 Å². The third-order valence-corrected chi connectivity index (χ3v) is 4.23. The van der Waals surface area contributed by atoms with Gasteiger partial charge in [-0.2, -0.15) is 17.0 Å². The van der Waals surface area contributed by atoms with Gasteiger partial charge in [-0.1, -0.05) is 30.3 Å². The van der Waals surface area contributed by atoms with Gasteiger partial charge in [-0.05, 0) is 5.56 Å². The van der Waals surface area contributed by atoms with Crippen LogP contribution in [-0.2, 0) is 16.8 Å². The Hall–Kier alpha value is -0.950. The predicted molar refractivity (Wildman–Crippen MR) is 66.5 cm³/mol. The molecule has 96 valence electrons. The molecule has 0 atom stereocenters. The van der Waals surface area contributed by atoms with Crippen LogP contribution in [0.5, 0.6) is 0 Å². The van der Waals surface area contributed by atoms with Gasteiger partial charge in [0.2, 0.25) is 0 Å². The third kappa shape index (κ3) is 3.78. The van der Waals surface area contributed by atoms with E-state index >= 15 is 0 Å². The maximum atomic E-state index is 12.0. The molecule has 0 fully saturated rings. The van der Waals surface area contributed by atoms with Gasteiger partial charge in [0.05, 0.1) is 6.61 Å². The van der Waals surface area contributed by atoms with Crippen molar-refractivity contribution in [1.82, 2.24) is 8.61 Å². The van der Waals surface area contributed by atoms with Crippen molar-refractivity contribution in [3.05, 3.63) is 35.9 Å². The first-order chi connectivity index (χ1) is 7.98. The molecule has 0 saturated carbocycles. The summed E-state index contributed by atoms with van der Waals surface area (Å²) >= 11 is 0. The highest BCUT2D eigenvalue weighted by Crippen LogP contribution is 2.10. The number of hydrogen-bond donors (Lipinski definition) is 1. The van der Waals surface area contributed by atoms with E-state index in [0.717, 1.165) is 9.87 Å². The molecule has 6 heteroatoms. The number of hydrogen-bond acceptors (Lipinski definition) is 3. The molecule has 0 heterocycles. The summed E-state index contributed by atoms with van der Waals surface area (Å²) in [6.07, 6.45) is 0. The third-order valence-electron chi connectivity index (χ3n) is 2.34. The monoisotopic (exact) mass is 258 g/mol. The molecule has 0 aliphatic heterocycles. The minimum atomic E-state index is -3.49. The standard InChI is InChI=1S/C11H18N2O3S/c1-12(2)17(15,16)13(8-9-14)10-11-6-4-3-5-7-11/h3-7,14H,8-10H2,1-2H3. The van der Waals surface area contributed by atoms with Gasteiger partial charge in [-0.3, -0.25) is 0 Å². The second-order valence-electron chi connectivity index (χ2n) is 3.83. The van der Waals surface area contributed by atoms with E-state index in [1.165, 1.54) is 18.4 Å². The molecule has 0 aromatic heterocycles. The molecule has 17 heavy (non-hydrogen) atoms. The van der Waals surface area contributed by atoms with Crippen molar-refractivity contribution >= 4 is 10.2 Å². The summed E-state index contributed by atoms with van der Waals surface area (Å²) in [5.41, 5.74) is 0.895. The molecule has 0 amide bonds. The summed E-state index contributed by atoms with van der Waals surface area (Å²) in [5.74, 6) is 0. The lowest BCUT2D eigenvalue weighted by Crippen LogP contribution is -2.41. The fraction of sp³-hybridized carbons (Fsp3) is 0.455. The molecular formula is C11H18N2O3S. The Morgan fingerprint density at radius 1 is 1.18 bits per heavy atom. The van der Waals surface area contributed by atoms with Gasteiger partial charge < -0.3 is 5.11 Å². The lowest BCUT2D eigenvalue weighted by atomic mass is 10.2. The highest BCUT2D eigenvalue weighted by atomic mass is 32.2. The van der Waals surface area contributed by atoms with Gasteiger partial charge in [0, 0.05) is 27.2 Å². The first-order valence-corrected chi connectivity index (χ1v) is 6.70. The molecule has 1 aromatic rings. The van der Waals surface area contributed by atoms with Crippen molar-refractivity contribution in [1.29, 1.82) is 0 Å². The summed E-state index contributed by atoms with van der Waals surface area (Å²) in [4.78, 5) is 0. The summed E-state index contributed by atoms with van der Waals surface area (Å²) < 4.78 is 26.3. The van der Waals surface area contributed by atoms with E-state index < -0.39 is 10.2 Å². The Kier molecular flexibility index (Phi) is 5.07. The summed E-state index contributed by atoms with van der Waals surface area (Å²) in [5, 5.41) is 8.94. The molecule has 0 unspecified atom stereocenters. The molecule has 0 saturated heterocycles. The van der Waals surface area contributed by atoms with Crippen LogP contribution in [0, 0.1) is 0 Å². The van der Waals surface area contributed by atoms with Crippen molar-refractivity contribution in [3.8, 4) is 0 Å². The molecule has 0 aliphatic rings. The zero-order valence-electron chi connectivity index (χ0n) is 10.1.